The molecule has 1 rings (SSSR count). The van der Waals surface area contributed by atoms with Gasteiger partial charge in [0.1, 0.15) is 5.60 Å². The summed E-state index contributed by atoms with van der Waals surface area (Å²) in [4.78, 5) is 11.5. The summed E-state index contributed by atoms with van der Waals surface area (Å²) in [5, 5.41) is 20.4. The molecule has 2 N–H and O–H groups in total. The van der Waals surface area contributed by atoms with Crippen LogP contribution in [-0.4, -0.2) is 16.2 Å². The molecule has 3 heteroatoms. The van der Waals surface area contributed by atoms with Gasteiger partial charge in [0.15, 0.2) is 0 Å². The Kier molecular flexibility index (Phi) is 4.17. The lowest BCUT2D eigenvalue weighted by atomic mass is 9.67. The molecule has 1 unspecified atom stereocenters. The number of carboxylic acids is 1. The van der Waals surface area contributed by atoms with Crippen LogP contribution in [0, 0.1) is 11.3 Å². The number of rotatable bonds is 5. The van der Waals surface area contributed by atoms with Crippen molar-refractivity contribution in [2.75, 3.05) is 0 Å². The first-order valence-corrected chi connectivity index (χ1v) is 6.23. The topological polar surface area (TPSA) is 57.5 Å². The predicted octanol–water partition coefficient (Wildman–Crippen LogP) is 3.03. The predicted molar refractivity (Wildman–Crippen MR) is 71.2 cm³/mol. The molecule has 0 fully saturated rings. The van der Waals surface area contributed by atoms with Crippen molar-refractivity contribution in [3.8, 4) is 0 Å². The average Bonchev–Trinajstić information content (AvgIpc) is 2.28. The van der Waals surface area contributed by atoms with Gasteiger partial charge in [-0.2, -0.15) is 0 Å². The van der Waals surface area contributed by atoms with Crippen LogP contribution in [0.5, 0.6) is 0 Å². The molecule has 0 heterocycles. The quantitative estimate of drug-likeness (QED) is 0.844. The number of benzene rings is 1. The van der Waals surface area contributed by atoms with E-state index >= 15 is 0 Å². The molecule has 0 saturated heterocycles. The van der Waals surface area contributed by atoms with E-state index in [0.717, 1.165) is 0 Å². The average molecular weight is 250 g/mol. The highest BCUT2D eigenvalue weighted by Crippen LogP contribution is 2.44. The Morgan fingerprint density at radius 1 is 1.22 bits per heavy atom. The minimum absolute atomic E-state index is 0.203. The third-order valence-electron chi connectivity index (χ3n) is 3.52. The Hall–Kier alpha value is -1.35. The van der Waals surface area contributed by atoms with E-state index in [1.807, 2.05) is 32.0 Å². The van der Waals surface area contributed by atoms with Crippen molar-refractivity contribution < 1.29 is 15.0 Å². The summed E-state index contributed by atoms with van der Waals surface area (Å²) < 4.78 is 0. The van der Waals surface area contributed by atoms with Crippen molar-refractivity contribution >= 4 is 5.97 Å². The van der Waals surface area contributed by atoms with E-state index in [4.69, 9.17) is 0 Å². The van der Waals surface area contributed by atoms with Crippen LogP contribution in [0.4, 0.5) is 0 Å². The van der Waals surface area contributed by atoms with Crippen molar-refractivity contribution in [1.29, 1.82) is 0 Å². The van der Waals surface area contributed by atoms with Crippen molar-refractivity contribution in [2.24, 2.45) is 11.3 Å². The monoisotopic (exact) mass is 250 g/mol. The smallest absolute Gasteiger partial charge is 0.312 e. The van der Waals surface area contributed by atoms with Crippen LogP contribution in [0.25, 0.3) is 0 Å². The highest BCUT2D eigenvalue weighted by Gasteiger charge is 2.50. The van der Waals surface area contributed by atoms with Crippen molar-refractivity contribution in [2.45, 2.75) is 39.7 Å². The maximum atomic E-state index is 11.5. The Morgan fingerprint density at radius 3 is 2.11 bits per heavy atom. The van der Waals surface area contributed by atoms with Gasteiger partial charge < -0.3 is 10.2 Å². The summed E-state index contributed by atoms with van der Waals surface area (Å²) in [6, 6.07) is 9.06. The zero-order valence-corrected chi connectivity index (χ0v) is 11.5. The number of carboxylic acid groups (broad SMARTS) is 1. The fraction of sp³-hybridized carbons (Fsp3) is 0.533. The summed E-state index contributed by atoms with van der Waals surface area (Å²) >= 11 is 0. The molecular weight excluding hydrogens is 228 g/mol. The van der Waals surface area contributed by atoms with Crippen LogP contribution < -0.4 is 0 Å². The van der Waals surface area contributed by atoms with E-state index in [0.29, 0.717) is 12.0 Å². The van der Waals surface area contributed by atoms with Crippen LogP contribution in [0.1, 0.15) is 39.7 Å². The summed E-state index contributed by atoms with van der Waals surface area (Å²) in [6.45, 7) is 7.10. The van der Waals surface area contributed by atoms with Gasteiger partial charge in [0, 0.05) is 0 Å². The lowest BCUT2D eigenvalue weighted by Crippen LogP contribution is -2.48. The molecule has 1 aromatic carbocycles. The minimum atomic E-state index is -1.37. The molecule has 0 aliphatic rings. The normalized spacial score (nSPS) is 15.4. The highest BCUT2D eigenvalue weighted by molar-refractivity contribution is 5.75. The van der Waals surface area contributed by atoms with Crippen LogP contribution in [0.3, 0.4) is 0 Å². The first-order chi connectivity index (χ1) is 8.22. The highest BCUT2D eigenvalue weighted by atomic mass is 16.4. The van der Waals surface area contributed by atoms with Gasteiger partial charge in [-0.3, -0.25) is 4.79 Å². The van der Waals surface area contributed by atoms with Crippen molar-refractivity contribution in [1.82, 2.24) is 0 Å². The molecule has 0 saturated carbocycles. The molecule has 0 spiro atoms. The second kappa shape index (κ2) is 5.11. The summed E-state index contributed by atoms with van der Waals surface area (Å²) in [7, 11) is 0. The number of hydrogen-bond donors (Lipinski definition) is 2. The maximum absolute atomic E-state index is 11.5. The largest absolute Gasteiger partial charge is 0.481 e. The summed E-state index contributed by atoms with van der Waals surface area (Å²) in [6.07, 6.45) is 0.413. The summed E-state index contributed by atoms with van der Waals surface area (Å²) in [5.41, 5.74) is -1.95. The van der Waals surface area contributed by atoms with E-state index in [1.165, 1.54) is 0 Å². The molecule has 1 aromatic rings. The molecule has 0 amide bonds. The third-order valence-corrected chi connectivity index (χ3v) is 3.52. The number of aliphatic carboxylic acids is 1. The number of hydrogen-bond acceptors (Lipinski definition) is 2. The minimum Gasteiger partial charge on any atom is -0.481 e. The van der Waals surface area contributed by atoms with Crippen LogP contribution >= 0.6 is 0 Å². The lowest BCUT2D eigenvalue weighted by Gasteiger charge is -2.41. The van der Waals surface area contributed by atoms with Crippen molar-refractivity contribution in [3.63, 3.8) is 0 Å². The van der Waals surface area contributed by atoms with E-state index < -0.39 is 17.0 Å². The van der Waals surface area contributed by atoms with Gasteiger partial charge in [-0.25, -0.2) is 0 Å². The SMILES string of the molecule is CC(C)CC(O)(c1ccccc1)C(C)(C)C(=O)O. The van der Waals surface area contributed by atoms with E-state index in [2.05, 4.69) is 0 Å². The third kappa shape index (κ3) is 2.56. The zero-order chi connectivity index (χ0) is 14.0. The van der Waals surface area contributed by atoms with Crippen LogP contribution in [-0.2, 0) is 10.4 Å². The Balaban J connectivity index is 3.32. The first kappa shape index (κ1) is 14.7. The number of carbonyl (C=O) groups is 1. The Labute approximate surface area is 108 Å². The van der Waals surface area contributed by atoms with Gasteiger partial charge in [0.2, 0.25) is 0 Å². The first-order valence-electron chi connectivity index (χ1n) is 6.23. The Bertz CT molecular complexity index is 409. The van der Waals surface area contributed by atoms with Gasteiger partial charge in [-0.1, -0.05) is 44.2 Å². The van der Waals surface area contributed by atoms with Crippen molar-refractivity contribution in [3.05, 3.63) is 35.9 Å². The fourth-order valence-corrected chi connectivity index (χ4v) is 2.22. The molecule has 1 atom stereocenters. The molecule has 0 aliphatic carbocycles. The lowest BCUT2D eigenvalue weighted by molar-refractivity contribution is -0.169. The molecule has 3 nitrogen and oxygen atoms in total. The molecule has 100 valence electrons. The molecule has 0 bridgehead atoms. The van der Waals surface area contributed by atoms with Gasteiger partial charge in [-0.05, 0) is 31.7 Å². The fourth-order valence-electron chi connectivity index (χ4n) is 2.22. The van der Waals surface area contributed by atoms with Gasteiger partial charge in [0.05, 0.1) is 5.41 Å². The van der Waals surface area contributed by atoms with E-state index in [9.17, 15) is 15.0 Å². The molecule has 0 aliphatic heterocycles. The second-order valence-electron chi connectivity index (χ2n) is 5.75. The van der Waals surface area contributed by atoms with Gasteiger partial charge in [-0.15, -0.1) is 0 Å². The maximum Gasteiger partial charge on any atom is 0.312 e. The number of aliphatic hydroxyl groups is 1. The Morgan fingerprint density at radius 2 is 1.72 bits per heavy atom. The van der Waals surface area contributed by atoms with Crippen LogP contribution in [0.2, 0.25) is 0 Å². The molecule has 0 radical (unpaired) electrons. The van der Waals surface area contributed by atoms with Gasteiger partial charge in [0.25, 0.3) is 0 Å². The molecule has 18 heavy (non-hydrogen) atoms. The second-order valence-corrected chi connectivity index (χ2v) is 5.75. The van der Waals surface area contributed by atoms with Gasteiger partial charge >= 0.3 is 5.97 Å². The van der Waals surface area contributed by atoms with E-state index in [-0.39, 0.29) is 5.92 Å². The summed E-state index contributed by atoms with van der Waals surface area (Å²) in [5.74, 6) is -0.789. The molecular formula is C15H22O3. The zero-order valence-electron chi connectivity index (χ0n) is 11.5. The van der Waals surface area contributed by atoms with E-state index in [1.54, 1.807) is 26.0 Å². The molecule has 0 aromatic heterocycles. The van der Waals surface area contributed by atoms with Crippen LogP contribution in [0.15, 0.2) is 30.3 Å². The standard InChI is InChI=1S/C15H22O3/c1-11(2)10-15(18,14(3,4)13(16)17)12-8-6-5-7-9-12/h5-9,11,18H,10H2,1-4H3,(H,16,17).